The van der Waals surface area contributed by atoms with Crippen LogP contribution in [0.5, 0.6) is 0 Å². The molecule has 2 amide bonds. The zero-order valence-electron chi connectivity index (χ0n) is 12.8. The highest BCUT2D eigenvalue weighted by Crippen LogP contribution is 2.11. The molecule has 0 atom stereocenters. The van der Waals surface area contributed by atoms with Gasteiger partial charge in [-0.1, -0.05) is 28.1 Å². The number of carbonyl (C=O) groups is 2. The van der Waals surface area contributed by atoms with Crippen LogP contribution < -0.4 is 10.7 Å². The fraction of sp³-hybridized carbons (Fsp3) is 0.0625. The van der Waals surface area contributed by atoms with Gasteiger partial charge in [0.1, 0.15) is 0 Å². The van der Waals surface area contributed by atoms with Gasteiger partial charge in [-0.15, -0.1) is 0 Å². The Balaban J connectivity index is 1.79. The number of nitro benzene ring substituents is 1. The number of amides is 2. The third-order valence-electron chi connectivity index (χ3n) is 3.02. The molecule has 128 valence electrons. The predicted octanol–water partition coefficient (Wildman–Crippen LogP) is 2.24. The van der Waals surface area contributed by atoms with Crippen molar-refractivity contribution < 1.29 is 14.5 Å². The summed E-state index contributed by atoms with van der Waals surface area (Å²) in [7, 11) is 0. The van der Waals surface area contributed by atoms with Crippen LogP contribution in [0.15, 0.2) is 58.1 Å². The van der Waals surface area contributed by atoms with Gasteiger partial charge in [0.2, 0.25) is 0 Å². The molecule has 0 heterocycles. The lowest BCUT2D eigenvalue weighted by atomic mass is 10.2. The smallest absolute Gasteiger partial charge is 0.269 e. The Morgan fingerprint density at radius 1 is 1.12 bits per heavy atom. The molecule has 0 unspecified atom stereocenters. The van der Waals surface area contributed by atoms with E-state index in [1.54, 1.807) is 0 Å². The minimum absolute atomic E-state index is 0.114. The monoisotopic (exact) mass is 404 g/mol. The number of carbonyl (C=O) groups excluding carboxylic acids is 2. The Labute approximate surface area is 151 Å². The second-order valence-electron chi connectivity index (χ2n) is 4.83. The standard InChI is InChI=1S/C16H13BrN4O4/c17-13-5-1-11(2-6-13)9-19-20-15(22)10-18-16(23)12-3-7-14(8-4-12)21(24)25/h1-9H,10H2,(H,18,23)(H,20,22)/b19-9+. The molecule has 2 aromatic rings. The first-order valence-corrected chi connectivity index (χ1v) is 7.85. The molecule has 0 fully saturated rings. The van der Waals surface area contributed by atoms with Gasteiger partial charge in [-0.05, 0) is 29.8 Å². The number of rotatable bonds is 6. The zero-order chi connectivity index (χ0) is 18.2. The molecule has 2 rings (SSSR count). The minimum Gasteiger partial charge on any atom is -0.343 e. The largest absolute Gasteiger partial charge is 0.343 e. The van der Waals surface area contributed by atoms with E-state index in [1.165, 1.54) is 30.5 Å². The number of hydrogen-bond donors (Lipinski definition) is 2. The summed E-state index contributed by atoms with van der Waals surface area (Å²) in [5, 5.41) is 16.7. The Hall–Kier alpha value is -3.07. The molecular weight excluding hydrogens is 392 g/mol. The van der Waals surface area contributed by atoms with Crippen molar-refractivity contribution in [2.45, 2.75) is 0 Å². The molecule has 0 aliphatic carbocycles. The first-order chi connectivity index (χ1) is 12.0. The third kappa shape index (κ3) is 5.81. The lowest BCUT2D eigenvalue weighted by Crippen LogP contribution is -2.34. The molecule has 25 heavy (non-hydrogen) atoms. The van der Waals surface area contributed by atoms with Crippen molar-refractivity contribution >= 4 is 39.6 Å². The number of nitrogens with zero attached hydrogens (tertiary/aromatic N) is 2. The van der Waals surface area contributed by atoms with E-state index in [9.17, 15) is 19.7 Å². The van der Waals surface area contributed by atoms with E-state index in [4.69, 9.17) is 0 Å². The first kappa shape index (κ1) is 18.3. The van der Waals surface area contributed by atoms with Gasteiger partial charge < -0.3 is 5.32 Å². The van der Waals surface area contributed by atoms with Gasteiger partial charge in [-0.2, -0.15) is 5.10 Å². The summed E-state index contributed by atoms with van der Waals surface area (Å²) in [5.74, 6) is -1.01. The quantitative estimate of drug-likeness (QED) is 0.436. The maximum Gasteiger partial charge on any atom is 0.269 e. The van der Waals surface area contributed by atoms with E-state index in [-0.39, 0.29) is 17.8 Å². The summed E-state index contributed by atoms with van der Waals surface area (Å²) in [6, 6.07) is 12.4. The number of benzene rings is 2. The van der Waals surface area contributed by atoms with Crippen LogP contribution in [0.3, 0.4) is 0 Å². The molecule has 0 aromatic heterocycles. The summed E-state index contributed by atoms with van der Waals surface area (Å²) in [6.45, 7) is -0.270. The fourth-order valence-corrected chi connectivity index (χ4v) is 2.03. The molecule has 2 aromatic carbocycles. The fourth-order valence-electron chi connectivity index (χ4n) is 1.76. The van der Waals surface area contributed by atoms with Crippen molar-refractivity contribution in [3.63, 3.8) is 0 Å². The maximum atomic E-state index is 11.9. The van der Waals surface area contributed by atoms with Crippen LogP contribution in [0.1, 0.15) is 15.9 Å². The lowest BCUT2D eigenvalue weighted by Gasteiger charge is -2.04. The molecule has 0 saturated heterocycles. The summed E-state index contributed by atoms with van der Waals surface area (Å²) in [5.41, 5.74) is 3.20. The molecule has 0 aliphatic heterocycles. The van der Waals surface area contributed by atoms with Gasteiger partial charge in [-0.25, -0.2) is 5.43 Å². The van der Waals surface area contributed by atoms with Crippen LogP contribution in [0.2, 0.25) is 0 Å². The second-order valence-corrected chi connectivity index (χ2v) is 5.75. The molecule has 0 bridgehead atoms. The van der Waals surface area contributed by atoms with Crippen LogP contribution in [-0.4, -0.2) is 29.5 Å². The van der Waals surface area contributed by atoms with Crippen LogP contribution in [0.25, 0.3) is 0 Å². The van der Waals surface area contributed by atoms with Crippen molar-refractivity contribution in [2.24, 2.45) is 5.10 Å². The van der Waals surface area contributed by atoms with E-state index < -0.39 is 16.7 Å². The average molecular weight is 405 g/mol. The van der Waals surface area contributed by atoms with Crippen LogP contribution in [0, 0.1) is 10.1 Å². The van der Waals surface area contributed by atoms with Gasteiger partial charge in [0.25, 0.3) is 17.5 Å². The van der Waals surface area contributed by atoms with E-state index in [2.05, 4.69) is 31.8 Å². The molecule has 8 nitrogen and oxygen atoms in total. The van der Waals surface area contributed by atoms with Gasteiger partial charge in [0, 0.05) is 22.2 Å². The SMILES string of the molecule is O=C(CNC(=O)c1ccc([N+](=O)[O-])cc1)N/N=C/c1ccc(Br)cc1. The third-order valence-corrected chi connectivity index (χ3v) is 3.55. The average Bonchev–Trinajstić information content (AvgIpc) is 2.61. The Morgan fingerprint density at radius 3 is 2.36 bits per heavy atom. The highest BCUT2D eigenvalue weighted by atomic mass is 79.9. The Morgan fingerprint density at radius 2 is 1.76 bits per heavy atom. The van der Waals surface area contributed by atoms with Crippen LogP contribution in [-0.2, 0) is 4.79 Å². The van der Waals surface area contributed by atoms with Crippen LogP contribution in [0.4, 0.5) is 5.69 Å². The van der Waals surface area contributed by atoms with E-state index >= 15 is 0 Å². The van der Waals surface area contributed by atoms with Crippen molar-refractivity contribution in [2.75, 3.05) is 6.54 Å². The summed E-state index contributed by atoms with van der Waals surface area (Å²) in [4.78, 5) is 33.5. The van der Waals surface area contributed by atoms with Gasteiger partial charge in [-0.3, -0.25) is 19.7 Å². The van der Waals surface area contributed by atoms with E-state index in [1.807, 2.05) is 24.3 Å². The highest BCUT2D eigenvalue weighted by Gasteiger charge is 2.10. The maximum absolute atomic E-state index is 11.9. The van der Waals surface area contributed by atoms with E-state index in [0.29, 0.717) is 0 Å². The molecular formula is C16H13BrN4O4. The van der Waals surface area contributed by atoms with Crippen molar-refractivity contribution in [1.29, 1.82) is 0 Å². The van der Waals surface area contributed by atoms with Gasteiger partial charge >= 0.3 is 0 Å². The Kier molecular flexibility index (Phi) is 6.35. The van der Waals surface area contributed by atoms with Gasteiger partial charge in [0.05, 0.1) is 17.7 Å². The number of hydrazone groups is 1. The predicted molar refractivity (Wildman–Crippen MR) is 95.3 cm³/mol. The molecule has 0 aliphatic rings. The normalized spacial score (nSPS) is 10.4. The summed E-state index contributed by atoms with van der Waals surface area (Å²) < 4.78 is 0.933. The van der Waals surface area contributed by atoms with Crippen molar-refractivity contribution in [3.8, 4) is 0 Å². The number of halogens is 1. The number of hydrogen-bond acceptors (Lipinski definition) is 5. The van der Waals surface area contributed by atoms with Gasteiger partial charge in [0.15, 0.2) is 0 Å². The summed E-state index contributed by atoms with van der Waals surface area (Å²) >= 11 is 3.31. The number of nitro groups is 1. The number of non-ortho nitro benzene ring substituents is 1. The van der Waals surface area contributed by atoms with Crippen molar-refractivity contribution in [1.82, 2.24) is 10.7 Å². The van der Waals surface area contributed by atoms with Crippen molar-refractivity contribution in [3.05, 3.63) is 74.2 Å². The topological polar surface area (TPSA) is 114 Å². The van der Waals surface area contributed by atoms with Crippen LogP contribution >= 0.6 is 15.9 Å². The molecule has 2 N–H and O–H groups in total. The molecule has 0 saturated carbocycles. The first-order valence-electron chi connectivity index (χ1n) is 7.06. The van der Waals surface area contributed by atoms with E-state index in [0.717, 1.165) is 10.0 Å². The number of nitrogens with one attached hydrogen (secondary N) is 2. The molecule has 0 spiro atoms. The zero-order valence-corrected chi connectivity index (χ0v) is 14.4. The summed E-state index contributed by atoms with van der Waals surface area (Å²) in [6.07, 6.45) is 1.47. The minimum atomic E-state index is -0.557. The molecule has 9 heteroatoms. The lowest BCUT2D eigenvalue weighted by molar-refractivity contribution is -0.384. The molecule has 0 radical (unpaired) electrons. The Bertz CT molecular complexity index is 804. The second kappa shape index (κ2) is 8.69. The highest BCUT2D eigenvalue weighted by molar-refractivity contribution is 9.10.